The summed E-state index contributed by atoms with van der Waals surface area (Å²) in [6.07, 6.45) is 1.12. The van der Waals surface area contributed by atoms with Crippen molar-refractivity contribution in [2.75, 3.05) is 13.1 Å². The van der Waals surface area contributed by atoms with Gasteiger partial charge in [-0.05, 0) is 39.2 Å². The molecule has 3 unspecified atom stereocenters. The zero-order valence-corrected chi connectivity index (χ0v) is 15.9. The van der Waals surface area contributed by atoms with Crippen LogP contribution in [0.4, 0.5) is 0 Å². The van der Waals surface area contributed by atoms with Gasteiger partial charge in [0.15, 0.2) is 0 Å². The Morgan fingerprint density at radius 3 is 2.11 bits per heavy atom. The van der Waals surface area contributed by atoms with Gasteiger partial charge in [-0.1, -0.05) is 0 Å². The van der Waals surface area contributed by atoms with Crippen molar-refractivity contribution in [1.82, 2.24) is 16.0 Å². The second-order valence-corrected chi connectivity index (χ2v) is 6.32. The summed E-state index contributed by atoms with van der Waals surface area (Å²) >= 11 is 0. The first kappa shape index (κ1) is 25.3. The van der Waals surface area contributed by atoms with Crippen LogP contribution in [-0.4, -0.2) is 65.9 Å². The molecule has 0 fully saturated rings. The number of unbranched alkanes of at least 4 members (excludes halogenated alkanes) is 1. The maximum Gasteiger partial charge on any atom is 0.326 e. The number of rotatable bonds is 14. The highest BCUT2D eigenvalue weighted by Gasteiger charge is 2.24. The number of aliphatic carboxylic acids is 1. The van der Waals surface area contributed by atoms with Gasteiger partial charge in [0.1, 0.15) is 12.1 Å². The minimum absolute atomic E-state index is 0.0713. The van der Waals surface area contributed by atoms with E-state index in [1.54, 1.807) is 0 Å². The lowest BCUT2D eigenvalue weighted by molar-refractivity contribution is -0.142. The smallest absolute Gasteiger partial charge is 0.326 e. The minimum Gasteiger partial charge on any atom is -0.480 e. The fourth-order valence-corrected chi connectivity index (χ4v) is 2.14. The SMILES string of the molecule is CC(N)C(=O)NC(CCC(N)=O)C(=O)NCC(=O)NC(CCCCN)C(=O)O. The minimum atomic E-state index is -1.19. The molecular formula is C16H30N6O6. The largest absolute Gasteiger partial charge is 0.480 e. The van der Waals surface area contributed by atoms with E-state index < -0.39 is 54.3 Å². The molecule has 0 aromatic heterocycles. The van der Waals surface area contributed by atoms with E-state index in [2.05, 4.69) is 16.0 Å². The van der Waals surface area contributed by atoms with E-state index >= 15 is 0 Å². The van der Waals surface area contributed by atoms with Crippen LogP contribution in [-0.2, 0) is 24.0 Å². The molecule has 0 saturated heterocycles. The number of hydrogen-bond acceptors (Lipinski definition) is 7. The Kier molecular flexibility index (Phi) is 12.1. The van der Waals surface area contributed by atoms with E-state index in [-0.39, 0.29) is 19.3 Å². The number of carbonyl (C=O) groups is 5. The molecule has 0 rings (SSSR count). The standard InChI is InChI=1S/C16H30N6O6/c1-9(18)14(25)22-10(5-6-12(19)23)15(26)20-8-13(24)21-11(16(27)28)4-2-3-7-17/h9-11H,2-8,17-18H2,1H3,(H2,19,23)(H,20,26)(H,21,24)(H,22,25)(H,27,28). The van der Waals surface area contributed by atoms with E-state index in [1.165, 1.54) is 6.92 Å². The Labute approximate surface area is 162 Å². The lowest BCUT2D eigenvalue weighted by atomic mass is 10.1. The molecule has 0 bridgehead atoms. The summed E-state index contributed by atoms with van der Waals surface area (Å²) in [6.45, 7) is 1.33. The topological polar surface area (TPSA) is 220 Å². The van der Waals surface area contributed by atoms with Gasteiger partial charge in [-0.15, -0.1) is 0 Å². The van der Waals surface area contributed by atoms with Crippen molar-refractivity contribution in [3.05, 3.63) is 0 Å². The Balaban J connectivity index is 4.69. The quantitative estimate of drug-likeness (QED) is 0.147. The summed E-state index contributed by atoms with van der Waals surface area (Å²) in [5, 5.41) is 16.1. The van der Waals surface area contributed by atoms with Crippen LogP contribution >= 0.6 is 0 Å². The number of primary amides is 1. The number of amides is 4. The first-order chi connectivity index (χ1) is 13.1. The van der Waals surface area contributed by atoms with Crippen molar-refractivity contribution in [2.24, 2.45) is 17.2 Å². The molecular weight excluding hydrogens is 372 g/mol. The highest BCUT2D eigenvalue weighted by atomic mass is 16.4. The number of carboxylic acids is 1. The molecule has 0 saturated carbocycles. The Bertz CT molecular complexity index is 568. The zero-order chi connectivity index (χ0) is 21.7. The van der Waals surface area contributed by atoms with Gasteiger partial charge in [-0.25, -0.2) is 4.79 Å². The molecule has 0 aromatic rings. The molecule has 4 amide bonds. The lowest BCUT2D eigenvalue weighted by Gasteiger charge is -2.19. The van der Waals surface area contributed by atoms with Crippen LogP contribution in [0.1, 0.15) is 39.0 Å². The Hall–Kier alpha value is -2.73. The Morgan fingerprint density at radius 1 is 0.964 bits per heavy atom. The number of nitrogens with one attached hydrogen (secondary N) is 3. The van der Waals surface area contributed by atoms with E-state index in [1.807, 2.05) is 0 Å². The molecule has 0 radical (unpaired) electrons. The summed E-state index contributed by atoms with van der Waals surface area (Å²) < 4.78 is 0. The molecule has 12 nitrogen and oxygen atoms in total. The number of carboxylic acid groups (broad SMARTS) is 1. The summed E-state index contributed by atoms with van der Waals surface area (Å²) in [4.78, 5) is 57.9. The van der Waals surface area contributed by atoms with Gasteiger partial charge in [0, 0.05) is 6.42 Å². The third kappa shape index (κ3) is 11.1. The molecule has 0 aliphatic rings. The lowest BCUT2D eigenvalue weighted by Crippen LogP contribution is -2.53. The van der Waals surface area contributed by atoms with Crippen LogP contribution in [0.25, 0.3) is 0 Å². The van der Waals surface area contributed by atoms with Crippen molar-refractivity contribution in [2.45, 2.75) is 57.2 Å². The van der Waals surface area contributed by atoms with Crippen LogP contribution in [0.15, 0.2) is 0 Å². The van der Waals surface area contributed by atoms with E-state index in [0.717, 1.165) is 0 Å². The molecule has 160 valence electrons. The highest BCUT2D eigenvalue weighted by Crippen LogP contribution is 2.01. The van der Waals surface area contributed by atoms with Crippen molar-refractivity contribution in [3.63, 3.8) is 0 Å². The predicted octanol–water partition coefficient (Wildman–Crippen LogP) is -3.10. The van der Waals surface area contributed by atoms with Crippen LogP contribution in [0.3, 0.4) is 0 Å². The maximum absolute atomic E-state index is 12.2. The second-order valence-electron chi connectivity index (χ2n) is 6.32. The maximum atomic E-state index is 12.2. The van der Waals surface area contributed by atoms with Crippen LogP contribution in [0.5, 0.6) is 0 Å². The van der Waals surface area contributed by atoms with Gasteiger partial charge < -0.3 is 38.3 Å². The fraction of sp³-hybridized carbons (Fsp3) is 0.688. The van der Waals surface area contributed by atoms with E-state index in [9.17, 15) is 24.0 Å². The van der Waals surface area contributed by atoms with Gasteiger partial charge in [-0.3, -0.25) is 19.2 Å². The monoisotopic (exact) mass is 402 g/mol. The first-order valence-electron chi connectivity index (χ1n) is 8.92. The summed E-state index contributed by atoms with van der Waals surface area (Å²) in [5.41, 5.74) is 15.8. The van der Waals surface area contributed by atoms with Crippen molar-refractivity contribution in [1.29, 1.82) is 0 Å². The summed E-state index contributed by atoms with van der Waals surface area (Å²) in [5.74, 6) is -3.89. The first-order valence-corrected chi connectivity index (χ1v) is 8.92. The van der Waals surface area contributed by atoms with Gasteiger partial charge in [-0.2, -0.15) is 0 Å². The fourth-order valence-electron chi connectivity index (χ4n) is 2.14. The van der Waals surface area contributed by atoms with E-state index in [0.29, 0.717) is 19.4 Å². The second kappa shape index (κ2) is 13.4. The molecule has 28 heavy (non-hydrogen) atoms. The zero-order valence-electron chi connectivity index (χ0n) is 15.9. The van der Waals surface area contributed by atoms with Gasteiger partial charge in [0.05, 0.1) is 12.6 Å². The molecule has 10 N–H and O–H groups in total. The predicted molar refractivity (Wildman–Crippen MR) is 99.5 cm³/mol. The van der Waals surface area contributed by atoms with Crippen molar-refractivity contribution in [3.8, 4) is 0 Å². The molecule has 0 aliphatic heterocycles. The molecule has 3 atom stereocenters. The van der Waals surface area contributed by atoms with Crippen LogP contribution in [0, 0.1) is 0 Å². The molecule has 12 heteroatoms. The van der Waals surface area contributed by atoms with Crippen molar-refractivity contribution < 1.29 is 29.1 Å². The van der Waals surface area contributed by atoms with Crippen LogP contribution in [0.2, 0.25) is 0 Å². The summed E-state index contributed by atoms with van der Waals surface area (Å²) in [7, 11) is 0. The van der Waals surface area contributed by atoms with Gasteiger partial charge in [0.2, 0.25) is 23.6 Å². The third-order valence-electron chi connectivity index (χ3n) is 3.73. The normalized spacial score (nSPS) is 13.7. The average Bonchev–Trinajstić information content (AvgIpc) is 2.61. The number of nitrogens with two attached hydrogens (primary N) is 3. The third-order valence-corrected chi connectivity index (χ3v) is 3.73. The van der Waals surface area contributed by atoms with E-state index in [4.69, 9.17) is 22.3 Å². The van der Waals surface area contributed by atoms with Crippen LogP contribution < -0.4 is 33.2 Å². The Morgan fingerprint density at radius 2 is 1.61 bits per heavy atom. The number of hydrogen-bond donors (Lipinski definition) is 7. The van der Waals surface area contributed by atoms with Gasteiger partial charge in [0.25, 0.3) is 0 Å². The van der Waals surface area contributed by atoms with Gasteiger partial charge >= 0.3 is 5.97 Å². The molecule has 0 spiro atoms. The highest BCUT2D eigenvalue weighted by molar-refractivity contribution is 5.92. The molecule has 0 aliphatic carbocycles. The molecule has 0 aromatic carbocycles. The summed E-state index contributed by atoms with van der Waals surface area (Å²) in [6, 6.07) is -3.09. The van der Waals surface area contributed by atoms with Crippen molar-refractivity contribution >= 4 is 29.6 Å². The number of carbonyl (C=O) groups excluding carboxylic acids is 4. The average molecular weight is 402 g/mol. The molecule has 0 heterocycles.